The van der Waals surface area contributed by atoms with Crippen molar-refractivity contribution in [2.75, 3.05) is 6.54 Å². The lowest BCUT2D eigenvalue weighted by Crippen LogP contribution is -2.39. The zero-order chi connectivity index (χ0) is 19.8. The van der Waals surface area contributed by atoms with Crippen LogP contribution in [0.3, 0.4) is 0 Å². The van der Waals surface area contributed by atoms with Gasteiger partial charge < -0.3 is 10.0 Å². The summed E-state index contributed by atoms with van der Waals surface area (Å²) in [7, 11) is 1.77. The molecule has 2 aliphatic heterocycles. The molecule has 0 spiro atoms. The summed E-state index contributed by atoms with van der Waals surface area (Å²) in [5.41, 5.74) is 2.58. The molecule has 0 aliphatic carbocycles. The quantitative estimate of drug-likeness (QED) is 0.537. The number of hydroxylamine groups is 2. The fourth-order valence-corrected chi connectivity index (χ4v) is 3.80. The molecule has 0 saturated carbocycles. The molecule has 1 saturated heterocycles. The van der Waals surface area contributed by atoms with Crippen LogP contribution in [0.25, 0.3) is 0 Å². The summed E-state index contributed by atoms with van der Waals surface area (Å²) in [4.78, 5) is 31.3. The standard InChI is InChI=1S/C18H20N6O4/c1-22-16-12(8-20-22)14-9-23(13(16)7-15(19)21-17(25)26)18(27)24(14)28-10-11-5-3-2-4-6-11/h2-6,8,13-14H,7,9-10H2,1H3,(H2,19,21)(H,25,26). The first-order valence-corrected chi connectivity index (χ1v) is 8.81. The highest BCUT2D eigenvalue weighted by Gasteiger charge is 2.50. The number of aromatic nitrogens is 2. The summed E-state index contributed by atoms with van der Waals surface area (Å²) in [6, 6.07) is 8.48. The average molecular weight is 384 g/mol. The van der Waals surface area contributed by atoms with Crippen LogP contribution in [0.5, 0.6) is 0 Å². The second kappa shape index (κ2) is 6.97. The molecule has 2 atom stereocenters. The van der Waals surface area contributed by atoms with E-state index in [1.807, 2.05) is 30.3 Å². The van der Waals surface area contributed by atoms with E-state index in [-0.39, 0.29) is 30.9 Å². The van der Waals surface area contributed by atoms with Gasteiger partial charge in [-0.25, -0.2) is 9.59 Å². The molecule has 146 valence electrons. The molecule has 1 fully saturated rings. The molecule has 3 N–H and O–H groups in total. The fraction of sp³-hybridized carbons (Fsp3) is 0.333. The number of amides is 3. The van der Waals surface area contributed by atoms with Crippen LogP contribution in [-0.2, 0) is 18.5 Å². The highest BCUT2D eigenvalue weighted by Crippen LogP contribution is 2.45. The topological polar surface area (TPSA) is 124 Å². The first-order valence-electron chi connectivity index (χ1n) is 8.81. The number of urea groups is 1. The minimum Gasteiger partial charge on any atom is -0.465 e. The molecule has 1 aromatic heterocycles. The van der Waals surface area contributed by atoms with Gasteiger partial charge in [-0.3, -0.25) is 20.2 Å². The molecule has 3 amide bonds. The Hall–Kier alpha value is -3.40. The zero-order valence-electron chi connectivity index (χ0n) is 15.2. The van der Waals surface area contributed by atoms with Crippen molar-refractivity contribution in [3.8, 4) is 0 Å². The number of carbonyl (C=O) groups is 2. The third-order valence-corrected chi connectivity index (χ3v) is 5.02. The van der Waals surface area contributed by atoms with Crippen LogP contribution in [0.15, 0.2) is 36.5 Å². The first-order chi connectivity index (χ1) is 13.5. The van der Waals surface area contributed by atoms with E-state index in [0.717, 1.165) is 16.8 Å². The van der Waals surface area contributed by atoms with E-state index in [4.69, 9.17) is 15.4 Å². The first kappa shape index (κ1) is 18.0. The lowest BCUT2D eigenvalue weighted by molar-refractivity contribution is -0.141. The van der Waals surface area contributed by atoms with Crippen molar-refractivity contribution in [3.63, 3.8) is 0 Å². The van der Waals surface area contributed by atoms with Crippen LogP contribution >= 0.6 is 0 Å². The normalized spacial score (nSPS) is 20.2. The smallest absolute Gasteiger partial charge is 0.410 e. The van der Waals surface area contributed by atoms with Crippen molar-refractivity contribution in [1.82, 2.24) is 25.1 Å². The van der Waals surface area contributed by atoms with Gasteiger partial charge in [-0.05, 0) is 5.56 Å². The Morgan fingerprint density at radius 2 is 2.14 bits per heavy atom. The van der Waals surface area contributed by atoms with Crippen LogP contribution in [0.2, 0.25) is 0 Å². The van der Waals surface area contributed by atoms with Crippen molar-refractivity contribution in [1.29, 1.82) is 5.41 Å². The van der Waals surface area contributed by atoms with Crippen molar-refractivity contribution < 1.29 is 19.5 Å². The Bertz CT molecular complexity index is 927. The largest absolute Gasteiger partial charge is 0.465 e. The van der Waals surface area contributed by atoms with Gasteiger partial charge >= 0.3 is 12.1 Å². The summed E-state index contributed by atoms with van der Waals surface area (Å²) < 4.78 is 1.67. The van der Waals surface area contributed by atoms with E-state index in [0.29, 0.717) is 6.54 Å². The third kappa shape index (κ3) is 3.07. The molecule has 4 rings (SSSR count). The van der Waals surface area contributed by atoms with Gasteiger partial charge in [-0.2, -0.15) is 10.2 Å². The monoisotopic (exact) mass is 384 g/mol. The van der Waals surface area contributed by atoms with E-state index in [1.165, 1.54) is 5.06 Å². The van der Waals surface area contributed by atoms with Crippen LogP contribution in [0.4, 0.5) is 9.59 Å². The van der Waals surface area contributed by atoms with Crippen LogP contribution in [0, 0.1) is 5.41 Å². The molecule has 3 heterocycles. The number of carboxylic acid groups (broad SMARTS) is 1. The predicted octanol–water partition coefficient (Wildman–Crippen LogP) is 2.02. The highest BCUT2D eigenvalue weighted by molar-refractivity contribution is 5.93. The molecule has 0 radical (unpaired) electrons. The lowest BCUT2D eigenvalue weighted by Gasteiger charge is -2.31. The predicted molar refractivity (Wildman–Crippen MR) is 97.4 cm³/mol. The maximum Gasteiger partial charge on any atom is 0.410 e. The number of carbonyl (C=O) groups excluding carboxylic acids is 1. The Kier molecular flexibility index (Phi) is 4.47. The zero-order valence-corrected chi connectivity index (χ0v) is 15.2. The summed E-state index contributed by atoms with van der Waals surface area (Å²) in [6.07, 6.45) is 0.448. The molecule has 10 heteroatoms. The van der Waals surface area contributed by atoms with Gasteiger partial charge in [0.2, 0.25) is 0 Å². The third-order valence-electron chi connectivity index (χ3n) is 5.02. The van der Waals surface area contributed by atoms with E-state index < -0.39 is 12.1 Å². The summed E-state index contributed by atoms with van der Waals surface area (Å²) >= 11 is 0. The van der Waals surface area contributed by atoms with Crippen molar-refractivity contribution in [2.24, 2.45) is 7.05 Å². The number of nitrogens with one attached hydrogen (secondary N) is 2. The second-order valence-electron chi connectivity index (χ2n) is 6.77. The second-order valence-corrected chi connectivity index (χ2v) is 6.77. The summed E-state index contributed by atoms with van der Waals surface area (Å²) in [5, 5.41) is 24.5. The fourth-order valence-electron chi connectivity index (χ4n) is 3.80. The Labute approximate surface area is 160 Å². The molecule has 2 bridgehead atoms. The summed E-state index contributed by atoms with van der Waals surface area (Å²) in [6.45, 7) is 0.658. The van der Waals surface area contributed by atoms with Crippen molar-refractivity contribution >= 4 is 18.0 Å². The van der Waals surface area contributed by atoms with E-state index in [2.05, 4.69) is 10.4 Å². The molecular formula is C18H20N6O4. The number of fused-ring (bicyclic) bond motifs is 4. The molecule has 2 unspecified atom stereocenters. The number of benzene rings is 1. The Morgan fingerprint density at radius 1 is 1.39 bits per heavy atom. The molecule has 10 nitrogen and oxygen atoms in total. The Morgan fingerprint density at radius 3 is 2.86 bits per heavy atom. The molecule has 1 aromatic carbocycles. The Balaban J connectivity index is 1.59. The lowest BCUT2D eigenvalue weighted by atomic mass is 9.95. The van der Waals surface area contributed by atoms with Gasteiger partial charge in [0.1, 0.15) is 18.5 Å². The van der Waals surface area contributed by atoms with Crippen molar-refractivity contribution in [3.05, 3.63) is 53.3 Å². The SMILES string of the molecule is Cn1ncc2c1C(CC(=N)NC(=O)O)N1CC2N(OCc2ccccc2)C1=O. The molecule has 2 aromatic rings. The van der Waals surface area contributed by atoms with E-state index in [9.17, 15) is 9.59 Å². The van der Waals surface area contributed by atoms with Gasteiger partial charge in [0.05, 0.1) is 24.5 Å². The minimum atomic E-state index is -1.30. The highest BCUT2D eigenvalue weighted by atomic mass is 16.7. The number of nitrogens with zero attached hydrogens (tertiary/aromatic N) is 4. The van der Waals surface area contributed by atoms with Crippen LogP contribution < -0.4 is 5.32 Å². The van der Waals surface area contributed by atoms with Crippen molar-refractivity contribution in [2.45, 2.75) is 25.1 Å². The minimum absolute atomic E-state index is 0.0455. The maximum absolute atomic E-state index is 13.0. The average Bonchev–Trinajstić information content (AvgIpc) is 3.17. The van der Waals surface area contributed by atoms with Gasteiger partial charge in [0.25, 0.3) is 0 Å². The maximum atomic E-state index is 13.0. The van der Waals surface area contributed by atoms with Gasteiger partial charge in [0, 0.05) is 19.0 Å². The number of amidine groups is 1. The van der Waals surface area contributed by atoms with Gasteiger partial charge in [-0.15, -0.1) is 0 Å². The number of rotatable bonds is 5. The number of hydrogen-bond donors (Lipinski definition) is 3. The summed E-state index contributed by atoms with van der Waals surface area (Å²) in [5.74, 6) is -0.181. The van der Waals surface area contributed by atoms with Gasteiger partial charge in [0.15, 0.2) is 0 Å². The van der Waals surface area contributed by atoms with Crippen LogP contribution in [-0.4, -0.2) is 49.4 Å². The number of aryl methyl sites for hydroxylation is 1. The van der Waals surface area contributed by atoms with Crippen LogP contribution in [0.1, 0.15) is 35.3 Å². The number of hydrogen-bond acceptors (Lipinski definition) is 5. The molecule has 2 aliphatic rings. The molecule has 28 heavy (non-hydrogen) atoms. The van der Waals surface area contributed by atoms with E-state index >= 15 is 0 Å². The van der Waals surface area contributed by atoms with Gasteiger partial charge in [-0.1, -0.05) is 30.3 Å². The molecular weight excluding hydrogens is 364 g/mol. The van der Waals surface area contributed by atoms with E-state index in [1.54, 1.807) is 22.8 Å².